The van der Waals surface area contributed by atoms with Gasteiger partial charge in [0.15, 0.2) is 6.04 Å². The molecule has 0 aliphatic carbocycles. The van der Waals surface area contributed by atoms with Crippen LogP contribution in [0, 0.1) is 10.1 Å². The number of hydrogen-bond donors (Lipinski definition) is 1. The van der Waals surface area contributed by atoms with Crippen LogP contribution >= 0.6 is 22.9 Å². The first-order valence-corrected chi connectivity index (χ1v) is 11.8. The third-order valence-corrected chi connectivity index (χ3v) is 6.50. The van der Waals surface area contributed by atoms with Gasteiger partial charge < -0.3 is 9.84 Å². The van der Waals surface area contributed by atoms with Gasteiger partial charge in [-0.05, 0) is 42.0 Å². The van der Waals surface area contributed by atoms with E-state index in [-0.39, 0.29) is 22.8 Å². The van der Waals surface area contributed by atoms with Gasteiger partial charge in [-0.15, -0.1) is 5.11 Å². The van der Waals surface area contributed by atoms with Gasteiger partial charge in [-0.1, -0.05) is 53.3 Å². The molecule has 0 aliphatic rings. The van der Waals surface area contributed by atoms with E-state index in [1.807, 2.05) is 36.4 Å². The van der Waals surface area contributed by atoms with Gasteiger partial charge in [0.25, 0.3) is 5.69 Å². The van der Waals surface area contributed by atoms with Crippen LogP contribution < -0.4 is 4.74 Å². The first-order valence-electron chi connectivity index (χ1n) is 10.6. The molecule has 0 aliphatic heterocycles. The highest BCUT2D eigenvalue weighted by Crippen LogP contribution is 2.41. The Balaban J connectivity index is 1.69. The number of aromatic nitrogens is 1. The number of nitro groups is 1. The average molecular weight is 523 g/mol. The largest absolute Gasteiger partial charge is 0.497 e. The topological polar surface area (TPSA) is 127 Å². The number of ether oxygens (including phenoxy) is 1. The minimum absolute atomic E-state index is 0.167. The summed E-state index contributed by atoms with van der Waals surface area (Å²) in [5.74, 6) is -0.553. The van der Waals surface area contributed by atoms with Crippen LogP contribution in [0.2, 0.25) is 5.02 Å². The summed E-state index contributed by atoms with van der Waals surface area (Å²) in [6.07, 6.45) is -0.184. The number of thiazole rings is 1. The van der Waals surface area contributed by atoms with Gasteiger partial charge in [-0.2, -0.15) is 5.11 Å². The Labute approximate surface area is 214 Å². The van der Waals surface area contributed by atoms with Crippen molar-refractivity contribution in [1.82, 2.24) is 4.98 Å². The Morgan fingerprint density at radius 3 is 2.42 bits per heavy atom. The van der Waals surface area contributed by atoms with Gasteiger partial charge in [0.05, 0.1) is 22.6 Å². The van der Waals surface area contributed by atoms with Crippen LogP contribution in [0.1, 0.15) is 5.56 Å². The highest BCUT2D eigenvalue weighted by atomic mass is 35.5. The third kappa shape index (κ3) is 5.73. The third-order valence-electron chi connectivity index (χ3n) is 5.26. The number of halogens is 1. The number of hydrogen-bond acceptors (Lipinski definition) is 8. The Morgan fingerprint density at radius 1 is 1.11 bits per heavy atom. The summed E-state index contributed by atoms with van der Waals surface area (Å²) in [6, 6.07) is 19.3. The summed E-state index contributed by atoms with van der Waals surface area (Å²) >= 11 is 7.29. The van der Waals surface area contributed by atoms with Crippen LogP contribution in [0.3, 0.4) is 0 Å². The summed E-state index contributed by atoms with van der Waals surface area (Å²) in [4.78, 5) is 28.0. The molecular formula is C25H19ClN4O5S. The van der Waals surface area contributed by atoms with E-state index in [9.17, 15) is 20.0 Å². The first kappa shape index (κ1) is 25.0. The van der Waals surface area contributed by atoms with E-state index < -0.39 is 16.9 Å². The van der Waals surface area contributed by atoms with Crippen molar-refractivity contribution in [2.45, 2.75) is 12.5 Å². The number of nitrogens with zero attached hydrogens (tertiary/aromatic N) is 4. The molecule has 3 aromatic carbocycles. The van der Waals surface area contributed by atoms with Crippen molar-refractivity contribution in [3.05, 3.63) is 93.5 Å². The smallest absolute Gasteiger partial charge is 0.330 e. The second-order valence-corrected chi connectivity index (χ2v) is 8.98. The van der Waals surface area contributed by atoms with Gasteiger partial charge in [0, 0.05) is 28.6 Å². The second kappa shape index (κ2) is 11.1. The minimum atomic E-state index is -1.32. The molecule has 4 rings (SSSR count). The maximum absolute atomic E-state index is 11.8. The standard InChI is InChI=1S/C25H19ClN4O5S/c1-35-19-12-8-15(9-13-19)22-23(16-6-10-18(26)11-7-16)36-25(27-22)29-28-20(24(31)32)14-17-4-2-3-5-21(17)30(33)34/h2-13,20H,14H2,1H3,(H,31,32). The quantitative estimate of drug-likeness (QED) is 0.146. The number of rotatable bonds is 9. The predicted octanol–water partition coefficient (Wildman–Crippen LogP) is 6.83. The lowest BCUT2D eigenvalue weighted by atomic mass is 10.0. The fraction of sp³-hybridized carbons (Fsp3) is 0.120. The molecule has 11 heteroatoms. The van der Waals surface area contributed by atoms with Crippen LogP contribution in [-0.2, 0) is 11.2 Å². The van der Waals surface area contributed by atoms with Gasteiger partial charge >= 0.3 is 5.97 Å². The van der Waals surface area contributed by atoms with Crippen molar-refractivity contribution in [3.8, 4) is 27.4 Å². The molecule has 0 radical (unpaired) electrons. The summed E-state index contributed by atoms with van der Waals surface area (Å²) in [7, 11) is 1.58. The van der Waals surface area contributed by atoms with E-state index in [0.717, 1.165) is 16.0 Å². The molecule has 4 aromatic rings. The Morgan fingerprint density at radius 2 is 1.78 bits per heavy atom. The monoisotopic (exact) mass is 522 g/mol. The molecule has 36 heavy (non-hydrogen) atoms. The highest BCUT2D eigenvalue weighted by Gasteiger charge is 2.23. The minimum Gasteiger partial charge on any atom is -0.497 e. The van der Waals surface area contributed by atoms with Crippen LogP contribution in [0.25, 0.3) is 21.7 Å². The number of carboxylic acids is 1. The van der Waals surface area contributed by atoms with Crippen molar-refractivity contribution >= 4 is 39.7 Å². The van der Waals surface area contributed by atoms with E-state index in [1.165, 1.54) is 29.5 Å². The summed E-state index contributed by atoms with van der Waals surface area (Å²) < 4.78 is 5.23. The first-order chi connectivity index (χ1) is 17.4. The number of nitro benzene ring substituents is 1. The molecule has 0 spiro atoms. The number of para-hydroxylation sites is 1. The lowest BCUT2D eigenvalue weighted by Gasteiger charge is -2.06. The van der Waals surface area contributed by atoms with E-state index in [1.54, 1.807) is 25.3 Å². The Bertz CT molecular complexity index is 1420. The number of benzene rings is 3. The van der Waals surface area contributed by atoms with Crippen LogP contribution in [0.5, 0.6) is 5.75 Å². The van der Waals surface area contributed by atoms with Crippen molar-refractivity contribution in [2.24, 2.45) is 10.2 Å². The summed E-state index contributed by atoms with van der Waals surface area (Å²) in [5, 5.41) is 29.9. The van der Waals surface area contributed by atoms with Crippen molar-refractivity contribution in [3.63, 3.8) is 0 Å². The SMILES string of the molecule is COc1ccc(-c2nc(N=NC(Cc3ccccc3[N+](=O)[O-])C(=O)O)sc2-c2ccc(Cl)cc2)cc1. The molecule has 182 valence electrons. The van der Waals surface area contributed by atoms with E-state index in [2.05, 4.69) is 15.2 Å². The zero-order chi connectivity index (χ0) is 25.7. The fourth-order valence-electron chi connectivity index (χ4n) is 3.46. The Hall–Kier alpha value is -4.15. The summed E-state index contributed by atoms with van der Waals surface area (Å²) in [5.41, 5.74) is 2.41. The van der Waals surface area contributed by atoms with Crippen molar-refractivity contribution in [1.29, 1.82) is 0 Å². The molecule has 1 atom stereocenters. The molecule has 1 heterocycles. The lowest BCUT2D eigenvalue weighted by molar-refractivity contribution is -0.385. The number of carbonyl (C=O) groups is 1. The zero-order valence-electron chi connectivity index (χ0n) is 18.9. The molecule has 0 fully saturated rings. The van der Waals surface area contributed by atoms with Crippen LogP contribution in [0.15, 0.2) is 83.0 Å². The molecule has 0 saturated heterocycles. The van der Waals surface area contributed by atoms with Crippen molar-refractivity contribution in [2.75, 3.05) is 7.11 Å². The molecule has 1 N–H and O–H groups in total. The number of carboxylic acid groups (broad SMARTS) is 1. The van der Waals surface area contributed by atoms with Gasteiger partial charge in [-0.25, -0.2) is 9.78 Å². The number of aliphatic carboxylic acids is 1. The van der Waals surface area contributed by atoms with Crippen LogP contribution in [-0.4, -0.2) is 34.1 Å². The maximum Gasteiger partial charge on any atom is 0.330 e. The second-order valence-electron chi connectivity index (χ2n) is 7.57. The van der Waals surface area contributed by atoms with Gasteiger partial charge in [-0.3, -0.25) is 10.1 Å². The van der Waals surface area contributed by atoms with E-state index in [0.29, 0.717) is 16.5 Å². The molecule has 0 amide bonds. The van der Waals surface area contributed by atoms with Crippen LogP contribution in [0.4, 0.5) is 10.8 Å². The molecule has 1 unspecified atom stereocenters. The molecule has 0 bridgehead atoms. The highest BCUT2D eigenvalue weighted by molar-refractivity contribution is 7.19. The predicted molar refractivity (Wildman–Crippen MR) is 137 cm³/mol. The van der Waals surface area contributed by atoms with E-state index >= 15 is 0 Å². The normalized spacial score (nSPS) is 11.9. The van der Waals surface area contributed by atoms with Crippen molar-refractivity contribution < 1.29 is 19.6 Å². The molecule has 0 saturated carbocycles. The molecular weight excluding hydrogens is 504 g/mol. The van der Waals surface area contributed by atoms with Gasteiger partial charge in [0.1, 0.15) is 5.75 Å². The lowest BCUT2D eigenvalue weighted by Crippen LogP contribution is -2.20. The fourth-order valence-corrected chi connectivity index (χ4v) is 4.51. The number of azo groups is 1. The zero-order valence-corrected chi connectivity index (χ0v) is 20.4. The molecule has 9 nitrogen and oxygen atoms in total. The summed E-state index contributed by atoms with van der Waals surface area (Å²) in [6.45, 7) is 0. The molecule has 1 aromatic heterocycles. The average Bonchev–Trinajstić information content (AvgIpc) is 3.31. The maximum atomic E-state index is 11.8. The van der Waals surface area contributed by atoms with Gasteiger partial charge in [0.2, 0.25) is 5.13 Å². The number of methoxy groups -OCH3 is 1. The van der Waals surface area contributed by atoms with E-state index in [4.69, 9.17) is 16.3 Å². The Kier molecular flexibility index (Phi) is 7.67.